The average Bonchev–Trinajstić information content (AvgIpc) is 3.13. The number of hydrogen-bond acceptors (Lipinski definition) is 0. The summed E-state index contributed by atoms with van der Waals surface area (Å²) >= 11 is 0. The van der Waals surface area contributed by atoms with E-state index in [0.717, 1.165) is 0 Å². The minimum atomic E-state index is -0.292. The molecule has 0 amide bonds. The lowest BCUT2D eigenvalue weighted by Crippen LogP contribution is -2.26. The molecule has 0 N–H and O–H groups in total. The van der Waals surface area contributed by atoms with Gasteiger partial charge in [-0.05, 0) is 51.5 Å². The minimum Gasteiger partial charge on any atom is -0.0987 e. The van der Waals surface area contributed by atoms with Crippen LogP contribution in [0.5, 0.6) is 0 Å². The first-order chi connectivity index (χ1) is 12.7. The molecule has 3 aromatic carbocycles. The zero-order chi connectivity index (χ0) is 17.9. The molecule has 0 aliphatic heterocycles. The molecule has 26 heavy (non-hydrogen) atoms. The summed E-state index contributed by atoms with van der Waals surface area (Å²) in [5.74, 6) is 0. The van der Waals surface area contributed by atoms with Crippen molar-refractivity contribution in [2.24, 2.45) is 0 Å². The fraction of sp³-hybridized carbons (Fsp3) is 0.0769. The molecule has 0 aromatic heterocycles. The molecule has 0 heteroatoms. The maximum Gasteiger partial charge on any atom is 0.0725 e. The largest absolute Gasteiger partial charge is 0.0987 e. The quantitative estimate of drug-likeness (QED) is 0.506. The SMILES string of the molecule is C=CC1=C(C=C)C2(c3ccccc31)c1ccccc1-c1ccc(C)cc12. The highest BCUT2D eigenvalue weighted by molar-refractivity contribution is 5.97. The molecule has 5 rings (SSSR count). The molecule has 2 aliphatic carbocycles. The molecule has 0 heterocycles. The van der Waals surface area contributed by atoms with Crippen molar-refractivity contribution in [1.29, 1.82) is 0 Å². The van der Waals surface area contributed by atoms with Crippen LogP contribution >= 0.6 is 0 Å². The number of rotatable bonds is 2. The van der Waals surface area contributed by atoms with Crippen LogP contribution in [0.3, 0.4) is 0 Å². The topological polar surface area (TPSA) is 0 Å². The van der Waals surface area contributed by atoms with E-state index in [2.05, 4.69) is 86.8 Å². The number of aryl methyl sites for hydroxylation is 1. The van der Waals surface area contributed by atoms with Gasteiger partial charge < -0.3 is 0 Å². The van der Waals surface area contributed by atoms with Crippen LogP contribution in [-0.4, -0.2) is 0 Å². The summed E-state index contributed by atoms with van der Waals surface area (Å²) in [4.78, 5) is 0. The molecule has 124 valence electrons. The summed E-state index contributed by atoms with van der Waals surface area (Å²) in [6, 6.07) is 24.4. The van der Waals surface area contributed by atoms with Gasteiger partial charge in [0.1, 0.15) is 0 Å². The Labute approximate surface area is 154 Å². The van der Waals surface area contributed by atoms with E-state index >= 15 is 0 Å². The van der Waals surface area contributed by atoms with Gasteiger partial charge in [0, 0.05) is 0 Å². The maximum absolute atomic E-state index is 4.21. The highest BCUT2D eigenvalue weighted by Crippen LogP contribution is 2.62. The Bertz CT molecular complexity index is 1130. The fourth-order valence-electron chi connectivity index (χ4n) is 4.99. The lowest BCUT2D eigenvalue weighted by Gasteiger charge is -2.31. The molecule has 0 nitrogen and oxygen atoms in total. The smallest absolute Gasteiger partial charge is 0.0725 e. The molecule has 3 aromatic rings. The van der Waals surface area contributed by atoms with E-state index in [1.165, 1.54) is 50.1 Å². The lowest BCUT2D eigenvalue weighted by molar-refractivity contribution is 0.785. The molecule has 1 spiro atoms. The Morgan fingerprint density at radius 2 is 1.31 bits per heavy atom. The van der Waals surface area contributed by atoms with Crippen molar-refractivity contribution in [1.82, 2.24) is 0 Å². The monoisotopic (exact) mass is 332 g/mol. The van der Waals surface area contributed by atoms with Crippen molar-refractivity contribution < 1.29 is 0 Å². The lowest BCUT2D eigenvalue weighted by atomic mass is 9.69. The third-order valence-corrected chi connectivity index (χ3v) is 5.92. The summed E-state index contributed by atoms with van der Waals surface area (Å²) in [6.45, 7) is 10.5. The van der Waals surface area contributed by atoms with E-state index in [1.54, 1.807) is 0 Å². The normalized spacial score (nSPS) is 19.3. The average molecular weight is 332 g/mol. The van der Waals surface area contributed by atoms with Gasteiger partial charge in [0.05, 0.1) is 5.41 Å². The first kappa shape index (κ1) is 15.2. The van der Waals surface area contributed by atoms with Crippen LogP contribution < -0.4 is 0 Å². The Kier molecular flexibility index (Phi) is 3.02. The van der Waals surface area contributed by atoms with Crippen LogP contribution in [0.4, 0.5) is 0 Å². The molecule has 1 atom stereocenters. The maximum atomic E-state index is 4.21. The summed E-state index contributed by atoms with van der Waals surface area (Å²) in [5, 5.41) is 0. The third kappa shape index (κ3) is 1.60. The Morgan fingerprint density at radius 3 is 2.00 bits per heavy atom. The van der Waals surface area contributed by atoms with Crippen LogP contribution in [0.1, 0.15) is 27.8 Å². The van der Waals surface area contributed by atoms with Crippen LogP contribution in [0.15, 0.2) is 97.6 Å². The Morgan fingerprint density at radius 1 is 0.692 bits per heavy atom. The number of hydrogen-bond donors (Lipinski definition) is 0. The number of allylic oxidation sites excluding steroid dienone is 4. The van der Waals surface area contributed by atoms with Crippen molar-refractivity contribution in [3.8, 4) is 11.1 Å². The fourth-order valence-corrected chi connectivity index (χ4v) is 4.99. The van der Waals surface area contributed by atoms with Gasteiger partial charge in [0.2, 0.25) is 0 Å². The van der Waals surface area contributed by atoms with Crippen molar-refractivity contribution in [3.05, 3.63) is 125 Å². The van der Waals surface area contributed by atoms with Gasteiger partial charge in [0.15, 0.2) is 0 Å². The van der Waals surface area contributed by atoms with E-state index in [9.17, 15) is 0 Å². The van der Waals surface area contributed by atoms with Gasteiger partial charge in [-0.1, -0.05) is 97.6 Å². The molecule has 0 bridgehead atoms. The van der Waals surface area contributed by atoms with Gasteiger partial charge in [-0.25, -0.2) is 0 Å². The van der Waals surface area contributed by atoms with E-state index in [4.69, 9.17) is 0 Å². The van der Waals surface area contributed by atoms with E-state index < -0.39 is 0 Å². The van der Waals surface area contributed by atoms with Gasteiger partial charge in [-0.15, -0.1) is 0 Å². The molecule has 2 aliphatic rings. The summed E-state index contributed by atoms with van der Waals surface area (Å²) in [6.07, 6.45) is 4.02. The molecular weight excluding hydrogens is 312 g/mol. The zero-order valence-electron chi connectivity index (χ0n) is 14.9. The molecule has 0 fully saturated rings. The van der Waals surface area contributed by atoms with E-state index in [-0.39, 0.29) is 5.41 Å². The highest BCUT2D eigenvalue weighted by atomic mass is 14.5. The molecule has 1 unspecified atom stereocenters. The highest BCUT2D eigenvalue weighted by Gasteiger charge is 2.51. The van der Waals surface area contributed by atoms with E-state index in [1.807, 2.05) is 12.2 Å². The summed E-state index contributed by atoms with van der Waals surface area (Å²) in [5.41, 5.74) is 11.4. The van der Waals surface area contributed by atoms with Gasteiger partial charge in [0.25, 0.3) is 0 Å². The second-order valence-electron chi connectivity index (χ2n) is 7.13. The summed E-state index contributed by atoms with van der Waals surface area (Å²) in [7, 11) is 0. The van der Waals surface area contributed by atoms with Gasteiger partial charge in [-0.2, -0.15) is 0 Å². The second-order valence-corrected chi connectivity index (χ2v) is 7.13. The van der Waals surface area contributed by atoms with Crippen LogP contribution in [0, 0.1) is 6.92 Å². The van der Waals surface area contributed by atoms with Crippen molar-refractivity contribution in [2.45, 2.75) is 12.3 Å². The number of fused-ring (bicyclic) bond motifs is 7. The molecule has 0 saturated carbocycles. The Balaban J connectivity index is 2.04. The summed E-state index contributed by atoms with van der Waals surface area (Å²) < 4.78 is 0. The van der Waals surface area contributed by atoms with Crippen LogP contribution in [0.2, 0.25) is 0 Å². The Hall–Kier alpha value is -3.12. The van der Waals surface area contributed by atoms with Crippen molar-refractivity contribution in [3.63, 3.8) is 0 Å². The predicted octanol–water partition coefficient (Wildman–Crippen LogP) is 6.45. The second kappa shape index (κ2) is 5.19. The molecule has 0 saturated heterocycles. The molecular formula is C26H20. The third-order valence-electron chi connectivity index (χ3n) is 5.92. The van der Waals surface area contributed by atoms with E-state index in [0.29, 0.717) is 0 Å². The van der Waals surface area contributed by atoms with Crippen LogP contribution in [0.25, 0.3) is 16.7 Å². The van der Waals surface area contributed by atoms with Crippen molar-refractivity contribution >= 4 is 5.57 Å². The zero-order valence-corrected chi connectivity index (χ0v) is 14.9. The molecule has 0 radical (unpaired) electrons. The predicted molar refractivity (Wildman–Crippen MR) is 110 cm³/mol. The van der Waals surface area contributed by atoms with Gasteiger partial charge in [-0.3, -0.25) is 0 Å². The van der Waals surface area contributed by atoms with Crippen LogP contribution in [-0.2, 0) is 5.41 Å². The standard InChI is InChI=1S/C26H20/c1-4-18-19-10-6-8-12-23(19)26(22(18)5-2)24-13-9-7-11-20(24)21-15-14-17(3)16-25(21)26/h4-16H,1-2H2,3H3. The first-order valence-electron chi connectivity index (χ1n) is 9.04. The first-order valence-corrected chi connectivity index (χ1v) is 9.04. The minimum absolute atomic E-state index is 0.292. The number of benzene rings is 3. The van der Waals surface area contributed by atoms with Crippen molar-refractivity contribution in [2.75, 3.05) is 0 Å². The van der Waals surface area contributed by atoms with Gasteiger partial charge >= 0.3 is 0 Å².